The fourth-order valence-electron chi connectivity index (χ4n) is 2.75. The van der Waals surface area contributed by atoms with Gasteiger partial charge < -0.3 is 9.64 Å². The fourth-order valence-corrected chi connectivity index (χ4v) is 4.01. The van der Waals surface area contributed by atoms with E-state index in [1.165, 1.54) is 21.6 Å². The van der Waals surface area contributed by atoms with Crippen LogP contribution in [0.15, 0.2) is 47.4 Å². The number of thioether (sulfide) groups is 1. The number of nitrogens with zero attached hydrogens (tertiary/aromatic N) is 2. The van der Waals surface area contributed by atoms with E-state index in [0.717, 1.165) is 10.5 Å². The van der Waals surface area contributed by atoms with Gasteiger partial charge in [-0.1, -0.05) is 41.4 Å². The third-order valence-corrected chi connectivity index (χ3v) is 6.07. The minimum absolute atomic E-state index is 0.172. The minimum Gasteiger partial charge on any atom is -0.454 e. The Morgan fingerprint density at radius 3 is 2.69 bits per heavy atom. The molecule has 0 radical (unpaired) electrons. The summed E-state index contributed by atoms with van der Waals surface area (Å²) in [5.41, 5.74) is 1.48. The molecule has 0 aliphatic carbocycles. The molecule has 6 nitrogen and oxygen atoms in total. The molecule has 0 fully saturated rings. The number of benzene rings is 2. The lowest BCUT2D eigenvalue weighted by molar-refractivity contribution is -0.150. The topological polar surface area (TPSA) is 66.9 Å². The summed E-state index contributed by atoms with van der Waals surface area (Å²) in [6.07, 6.45) is 0. The second-order valence-corrected chi connectivity index (χ2v) is 8.23. The highest BCUT2D eigenvalue weighted by molar-refractivity contribution is 8.00. The van der Waals surface area contributed by atoms with Gasteiger partial charge in [-0.2, -0.15) is 0 Å². The van der Waals surface area contributed by atoms with Crippen LogP contribution in [0.1, 0.15) is 5.56 Å². The van der Waals surface area contributed by atoms with Crippen molar-refractivity contribution in [3.05, 3.63) is 58.1 Å². The second kappa shape index (κ2) is 9.52. The standard InChI is InChI=1S/C20H18Cl2N2O4S/c1-23(9-13-6-7-14(21)15(22)8-13)18(25)11-28-20(27)10-24-16-4-2-3-5-17(16)29-12-19(24)26/h2-8H,9-12H2,1H3. The number of amides is 2. The quantitative estimate of drug-likeness (QED) is 0.625. The van der Waals surface area contributed by atoms with Gasteiger partial charge in [0.15, 0.2) is 6.61 Å². The van der Waals surface area contributed by atoms with Crippen LogP contribution < -0.4 is 4.90 Å². The molecule has 3 rings (SSSR count). The maximum Gasteiger partial charge on any atom is 0.326 e. The Bertz CT molecular complexity index is 954. The average molecular weight is 453 g/mol. The van der Waals surface area contributed by atoms with Crippen molar-refractivity contribution in [3.8, 4) is 0 Å². The Kier molecular flexibility index (Phi) is 7.05. The van der Waals surface area contributed by atoms with Crippen LogP contribution in [-0.4, -0.2) is 48.6 Å². The van der Waals surface area contributed by atoms with Gasteiger partial charge in [-0.25, -0.2) is 0 Å². The molecule has 2 aromatic rings. The van der Waals surface area contributed by atoms with Gasteiger partial charge in [0, 0.05) is 18.5 Å². The normalized spacial score (nSPS) is 13.1. The highest BCUT2D eigenvalue weighted by atomic mass is 35.5. The lowest BCUT2D eigenvalue weighted by atomic mass is 10.2. The number of fused-ring (bicyclic) bond motifs is 1. The van der Waals surface area contributed by atoms with Gasteiger partial charge in [0.25, 0.3) is 5.91 Å². The van der Waals surface area contributed by atoms with Gasteiger partial charge in [-0.15, -0.1) is 11.8 Å². The van der Waals surface area contributed by atoms with Crippen LogP contribution in [0.2, 0.25) is 10.0 Å². The van der Waals surface area contributed by atoms with Gasteiger partial charge in [0.1, 0.15) is 6.54 Å². The zero-order chi connectivity index (χ0) is 21.0. The minimum atomic E-state index is -0.642. The number of halogens is 2. The highest BCUT2D eigenvalue weighted by Gasteiger charge is 2.27. The van der Waals surface area contributed by atoms with E-state index in [1.807, 2.05) is 12.1 Å². The second-order valence-electron chi connectivity index (χ2n) is 6.40. The van der Waals surface area contributed by atoms with E-state index < -0.39 is 12.6 Å². The lowest BCUT2D eigenvalue weighted by Crippen LogP contribution is -2.40. The average Bonchev–Trinajstić information content (AvgIpc) is 2.71. The van der Waals surface area contributed by atoms with Crippen LogP contribution >= 0.6 is 35.0 Å². The molecule has 2 amide bonds. The first-order valence-corrected chi connectivity index (χ1v) is 10.4. The number of carbonyl (C=O) groups excluding carboxylic acids is 3. The Hall–Kier alpha value is -2.22. The molecule has 152 valence electrons. The monoisotopic (exact) mass is 452 g/mol. The molecule has 0 saturated heterocycles. The number of ether oxygens (including phenoxy) is 1. The number of para-hydroxylation sites is 1. The molecule has 29 heavy (non-hydrogen) atoms. The van der Waals surface area contributed by atoms with Crippen molar-refractivity contribution in [2.75, 3.05) is 30.9 Å². The Morgan fingerprint density at radius 1 is 1.17 bits per heavy atom. The third-order valence-electron chi connectivity index (χ3n) is 4.28. The maximum absolute atomic E-state index is 12.3. The summed E-state index contributed by atoms with van der Waals surface area (Å²) in [6.45, 7) is -0.349. The summed E-state index contributed by atoms with van der Waals surface area (Å²) in [6, 6.07) is 12.5. The third kappa shape index (κ3) is 5.44. The molecule has 1 aliphatic rings. The van der Waals surface area contributed by atoms with Crippen molar-refractivity contribution < 1.29 is 19.1 Å². The molecular weight excluding hydrogens is 435 g/mol. The number of carbonyl (C=O) groups is 3. The molecule has 0 aromatic heterocycles. The largest absolute Gasteiger partial charge is 0.454 e. The SMILES string of the molecule is CN(Cc1ccc(Cl)c(Cl)c1)C(=O)COC(=O)CN1C(=O)CSc2ccccc21. The number of rotatable bonds is 6. The van der Waals surface area contributed by atoms with Crippen molar-refractivity contribution in [3.63, 3.8) is 0 Å². The van der Waals surface area contributed by atoms with Crippen LogP contribution in [0.3, 0.4) is 0 Å². The first-order chi connectivity index (χ1) is 13.8. The van der Waals surface area contributed by atoms with Crippen molar-refractivity contribution >= 4 is 58.4 Å². The zero-order valence-electron chi connectivity index (χ0n) is 15.6. The first kappa shape index (κ1) is 21.5. The van der Waals surface area contributed by atoms with E-state index >= 15 is 0 Å². The van der Waals surface area contributed by atoms with Gasteiger partial charge in [0.05, 0.1) is 21.5 Å². The predicted octanol–water partition coefficient (Wildman–Crippen LogP) is 3.63. The number of likely N-dealkylation sites (N-methyl/N-ethyl adjacent to an activating group) is 1. The van der Waals surface area contributed by atoms with Gasteiger partial charge in [-0.05, 0) is 29.8 Å². The Labute approximate surface area is 182 Å². The van der Waals surface area contributed by atoms with Crippen LogP contribution in [0.25, 0.3) is 0 Å². The van der Waals surface area contributed by atoms with E-state index in [4.69, 9.17) is 27.9 Å². The fraction of sp³-hybridized carbons (Fsp3) is 0.250. The first-order valence-electron chi connectivity index (χ1n) is 8.71. The highest BCUT2D eigenvalue weighted by Crippen LogP contribution is 2.34. The van der Waals surface area contributed by atoms with Crippen molar-refractivity contribution in [2.24, 2.45) is 0 Å². The van der Waals surface area contributed by atoms with Crippen molar-refractivity contribution in [1.82, 2.24) is 4.90 Å². The molecule has 0 atom stereocenters. The zero-order valence-corrected chi connectivity index (χ0v) is 17.9. The molecule has 0 spiro atoms. The molecule has 0 N–H and O–H groups in total. The summed E-state index contributed by atoms with van der Waals surface area (Å²) in [5, 5.41) is 0.839. The van der Waals surface area contributed by atoms with E-state index in [0.29, 0.717) is 22.3 Å². The molecule has 1 heterocycles. The summed E-state index contributed by atoms with van der Waals surface area (Å²) in [7, 11) is 1.60. The van der Waals surface area contributed by atoms with Gasteiger partial charge in [-0.3, -0.25) is 19.3 Å². The smallest absolute Gasteiger partial charge is 0.326 e. The summed E-state index contributed by atoms with van der Waals surface area (Å²) >= 11 is 13.3. The van der Waals surface area contributed by atoms with Gasteiger partial charge >= 0.3 is 5.97 Å². The molecule has 0 bridgehead atoms. The number of hydrogen-bond donors (Lipinski definition) is 0. The van der Waals surface area contributed by atoms with Crippen LogP contribution in [0.5, 0.6) is 0 Å². The van der Waals surface area contributed by atoms with E-state index in [-0.39, 0.29) is 24.1 Å². The van der Waals surface area contributed by atoms with Crippen LogP contribution in [0, 0.1) is 0 Å². The lowest BCUT2D eigenvalue weighted by Gasteiger charge is -2.28. The summed E-state index contributed by atoms with van der Waals surface area (Å²) in [5.74, 6) is -0.925. The number of anilines is 1. The van der Waals surface area contributed by atoms with Crippen LogP contribution in [0.4, 0.5) is 5.69 Å². The van der Waals surface area contributed by atoms with Crippen molar-refractivity contribution in [2.45, 2.75) is 11.4 Å². The molecule has 0 unspecified atom stereocenters. The van der Waals surface area contributed by atoms with E-state index in [2.05, 4.69) is 0 Å². The molecule has 0 saturated carbocycles. The summed E-state index contributed by atoms with van der Waals surface area (Å²) in [4.78, 5) is 40.4. The summed E-state index contributed by atoms with van der Waals surface area (Å²) < 4.78 is 5.09. The molecule has 2 aromatic carbocycles. The van der Waals surface area contributed by atoms with Gasteiger partial charge in [0.2, 0.25) is 5.91 Å². The van der Waals surface area contributed by atoms with E-state index in [9.17, 15) is 14.4 Å². The molecular formula is C20H18Cl2N2O4S. The number of hydrogen-bond acceptors (Lipinski definition) is 5. The van der Waals surface area contributed by atoms with Crippen LogP contribution in [-0.2, 0) is 25.7 Å². The Balaban J connectivity index is 1.53. The Morgan fingerprint density at radius 2 is 1.93 bits per heavy atom. The molecule has 1 aliphatic heterocycles. The number of esters is 1. The molecule has 9 heteroatoms. The van der Waals surface area contributed by atoms with E-state index in [1.54, 1.807) is 37.4 Å². The maximum atomic E-state index is 12.3. The predicted molar refractivity (Wildman–Crippen MR) is 113 cm³/mol. The van der Waals surface area contributed by atoms with Crippen molar-refractivity contribution in [1.29, 1.82) is 0 Å².